The first-order valence-electron chi connectivity index (χ1n) is 23.8. The van der Waals surface area contributed by atoms with Gasteiger partial charge in [0.15, 0.2) is 5.72 Å². The van der Waals surface area contributed by atoms with E-state index in [0.29, 0.717) is 29.3 Å². The molecule has 1 unspecified atom stereocenters. The summed E-state index contributed by atoms with van der Waals surface area (Å²) < 4.78 is 22.4. The number of methoxy groups -OCH3 is 2. The average Bonchev–Trinajstić information content (AvgIpc) is 3.50. The van der Waals surface area contributed by atoms with Crippen LogP contribution in [0.15, 0.2) is 59.2 Å². The van der Waals surface area contributed by atoms with Crippen molar-refractivity contribution in [2.75, 3.05) is 44.7 Å². The Labute approximate surface area is 430 Å². The summed E-state index contributed by atoms with van der Waals surface area (Å²) in [6.45, 7) is 10.4. The van der Waals surface area contributed by atoms with Crippen molar-refractivity contribution in [2.45, 2.75) is 146 Å². The number of nitrogens with one attached hydrogen (secondary N) is 2. The van der Waals surface area contributed by atoms with Gasteiger partial charge < -0.3 is 44.7 Å². The SMILES string of the molecule is COc1cc2cc(c1Cl)N(C)C(=O)C[C@H](OC(=O)[C@H](C)N(C)C(=O)CCSSC(C)(C)CC(=O)N/N=C1/CCCCc3cc(N)ccc31)C(C)(O)C[C@H](C)[C@@H]1C[C@@](O)(NC(=O)O1)[C@H](OC)/C=C/C=C(\C)C2. The average molecular weight is 1040 g/mol. The molecule has 2 aromatic rings. The van der Waals surface area contributed by atoms with E-state index < -0.39 is 70.7 Å². The van der Waals surface area contributed by atoms with Crippen LogP contribution in [-0.4, -0.2) is 125 Å². The third-order valence-electron chi connectivity index (χ3n) is 13.1. The van der Waals surface area contributed by atoms with Crippen molar-refractivity contribution in [3.8, 4) is 5.75 Å². The minimum absolute atomic E-state index is 0.0627. The molecule has 390 valence electrons. The van der Waals surface area contributed by atoms with E-state index in [0.717, 1.165) is 53.7 Å². The zero-order valence-corrected chi connectivity index (χ0v) is 44.9. The second kappa shape index (κ2) is 24.8. The van der Waals surface area contributed by atoms with Gasteiger partial charge in [-0.2, -0.15) is 5.10 Å². The molecule has 7 atom stereocenters. The molecular formula is C51H71ClN6O11S2. The van der Waals surface area contributed by atoms with Crippen molar-refractivity contribution in [1.29, 1.82) is 0 Å². The number of likely N-dealkylation sites (N-methyl/N-ethyl adjacent to an activating group) is 1. The van der Waals surface area contributed by atoms with Gasteiger partial charge in [-0.3, -0.25) is 19.7 Å². The molecule has 2 aliphatic heterocycles. The highest BCUT2D eigenvalue weighted by Crippen LogP contribution is 2.40. The molecule has 4 amide bonds. The molecule has 2 heterocycles. The normalized spacial score (nSPS) is 26.6. The highest BCUT2D eigenvalue weighted by atomic mass is 35.5. The number of alkyl carbamates (subject to hydrolysis) is 1. The lowest BCUT2D eigenvalue weighted by Gasteiger charge is -2.43. The summed E-state index contributed by atoms with van der Waals surface area (Å²) in [5, 5.41) is 31.2. The van der Waals surface area contributed by atoms with Crippen LogP contribution in [0.1, 0.15) is 110 Å². The number of benzene rings is 2. The number of carbonyl (C=O) groups excluding carboxylic acids is 5. The Hall–Kier alpha value is -4.79. The first-order chi connectivity index (χ1) is 33.4. The summed E-state index contributed by atoms with van der Waals surface area (Å²) in [6, 6.07) is 8.14. The lowest BCUT2D eigenvalue weighted by atomic mass is 9.81. The molecule has 1 aliphatic carbocycles. The van der Waals surface area contributed by atoms with E-state index in [1.165, 1.54) is 73.6 Å². The molecule has 5 rings (SSSR count). The third kappa shape index (κ3) is 15.4. The third-order valence-corrected chi connectivity index (χ3v) is 16.8. The van der Waals surface area contributed by atoms with Crippen molar-refractivity contribution in [1.82, 2.24) is 15.6 Å². The molecule has 0 radical (unpaired) electrons. The fourth-order valence-electron chi connectivity index (χ4n) is 8.91. The van der Waals surface area contributed by atoms with E-state index in [2.05, 4.69) is 15.8 Å². The number of nitrogen functional groups attached to an aromatic ring is 1. The van der Waals surface area contributed by atoms with Gasteiger partial charge in [-0.25, -0.2) is 15.0 Å². The number of nitrogens with two attached hydrogens (primary N) is 1. The Morgan fingerprint density at radius 1 is 1.14 bits per heavy atom. The smallest absolute Gasteiger partial charge is 0.409 e. The Kier molecular flexibility index (Phi) is 19.9. The molecular weight excluding hydrogens is 972 g/mol. The van der Waals surface area contributed by atoms with E-state index in [4.69, 9.17) is 36.3 Å². The molecule has 2 aromatic carbocycles. The molecule has 0 spiro atoms. The molecule has 0 aromatic heterocycles. The van der Waals surface area contributed by atoms with E-state index in [1.807, 2.05) is 45.0 Å². The molecule has 71 heavy (non-hydrogen) atoms. The number of aliphatic hydroxyl groups is 2. The van der Waals surface area contributed by atoms with Gasteiger partial charge in [-0.15, -0.1) is 0 Å². The van der Waals surface area contributed by atoms with Gasteiger partial charge in [0.25, 0.3) is 0 Å². The number of hydrazone groups is 1. The molecule has 0 saturated carbocycles. The topological polar surface area (TPSA) is 232 Å². The molecule has 20 heteroatoms. The number of ether oxygens (including phenoxy) is 4. The predicted molar refractivity (Wildman–Crippen MR) is 279 cm³/mol. The summed E-state index contributed by atoms with van der Waals surface area (Å²) >= 11 is 6.80. The summed E-state index contributed by atoms with van der Waals surface area (Å²) in [5.41, 5.74) is 10.5. The summed E-state index contributed by atoms with van der Waals surface area (Å²) in [4.78, 5) is 70.4. The Morgan fingerprint density at radius 3 is 2.56 bits per heavy atom. The number of carbonyl (C=O) groups is 5. The highest BCUT2D eigenvalue weighted by Gasteiger charge is 2.49. The van der Waals surface area contributed by atoms with Crippen molar-refractivity contribution in [3.63, 3.8) is 0 Å². The van der Waals surface area contributed by atoms with Crippen molar-refractivity contribution >= 4 is 80.1 Å². The number of fused-ring (bicyclic) bond motifs is 5. The van der Waals surface area contributed by atoms with Crippen molar-refractivity contribution < 1.29 is 53.1 Å². The lowest BCUT2D eigenvalue weighted by molar-refractivity contribution is -0.176. The van der Waals surface area contributed by atoms with Gasteiger partial charge in [0.05, 0.1) is 30.5 Å². The van der Waals surface area contributed by atoms with Gasteiger partial charge >= 0.3 is 12.1 Å². The van der Waals surface area contributed by atoms with Crippen molar-refractivity contribution in [2.24, 2.45) is 11.0 Å². The summed E-state index contributed by atoms with van der Waals surface area (Å²) in [6.07, 6.45) is 4.32. The second-order valence-corrected chi connectivity index (χ2v) is 23.2. The number of nitrogens with zero attached hydrogens (tertiary/aromatic N) is 3. The fraction of sp³-hybridized carbons (Fsp3) is 0.569. The molecule has 1 saturated heterocycles. The number of hydrogen-bond acceptors (Lipinski definition) is 15. The fourth-order valence-corrected chi connectivity index (χ4v) is 11.7. The van der Waals surface area contributed by atoms with Gasteiger partial charge in [-0.1, -0.05) is 70.0 Å². The zero-order chi connectivity index (χ0) is 52.4. The number of rotatable bonds is 13. The van der Waals surface area contributed by atoms with Crippen LogP contribution in [-0.2, 0) is 46.2 Å². The quantitative estimate of drug-likeness (QED) is 0.0332. The molecule has 17 nitrogen and oxygen atoms in total. The first kappa shape index (κ1) is 57.1. The highest BCUT2D eigenvalue weighted by molar-refractivity contribution is 8.77. The molecule has 3 aliphatic rings. The molecule has 6 N–H and O–H groups in total. The molecule has 1 fully saturated rings. The van der Waals surface area contributed by atoms with Gasteiger partial charge in [0.2, 0.25) is 17.7 Å². The lowest BCUT2D eigenvalue weighted by Crippen LogP contribution is -2.63. The monoisotopic (exact) mass is 1040 g/mol. The number of allylic oxidation sites excluding steroid dienone is 3. The summed E-state index contributed by atoms with van der Waals surface area (Å²) in [7, 11) is 8.76. The van der Waals surface area contributed by atoms with Crippen LogP contribution in [0, 0.1) is 5.92 Å². The second-order valence-electron chi connectivity index (χ2n) is 19.7. The zero-order valence-electron chi connectivity index (χ0n) is 42.5. The Morgan fingerprint density at radius 2 is 1.86 bits per heavy atom. The number of anilines is 2. The number of esters is 1. The maximum Gasteiger partial charge on any atom is 0.409 e. The first-order valence-corrected chi connectivity index (χ1v) is 26.5. The standard InChI is InChI=1S/C51H71ClN6O11S2/c1-30-14-13-17-41(67-10)51(65)28-40(68-48(63)54-51)31(2)27-50(6,64)42(26-45(61)58(8)38-23-33(22-30)24-39(66-9)46(38)52)69-47(62)32(3)57(7)44(60)20-21-70-71-49(4,5)29-43(59)56-55-37-16-12-11-15-34-25-35(53)18-19-36(34)37/h13-14,17-19,23-25,31-32,40-42,64-65H,11-12,15-16,20-22,26-29,53H2,1-10H3,(H,54,63)(H,56,59)/b17-13+,30-14+,55-37-/t31-,32-,40-,41+,42-,50?,51-/m0/s1. The van der Waals surface area contributed by atoms with Gasteiger partial charge in [-0.05, 0) is 114 Å². The Bertz CT molecular complexity index is 2380. The van der Waals surface area contributed by atoms with Gasteiger partial charge in [0, 0.05) is 62.2 Å². The van der Waals surface area contributed by atoms with E-state index in [-0.39, 0.29) is 42.5 Å². The molecule has 4 bridgehead atoms. The van der Waals surface area contributed by atoms with Crippen LogP contribution in [0.3, 0.4) is 0 Å². The van der Waals surface area contributed by atoms with E-state index in [1.54, 1.807) is 31.2 Å². The van der Waals surface area contributed by atoms with Crippen molar-refractivity contribution in [3.05, 3.63) is 75.8 Å². The minimum Gasteiger partial charge on any atom is -0.495 e. The number of hydrogen-bond donors (Lipinski definition) is 5. The maximum absolute atomic E-state index is 14.3. The van der Waals surface area contributed by atoms with Crippen LogP contribution >= 0.6 is 33.2 Å². The largest absolute Gasteiger partial charge is 0.495 e. The van der Waals surface area contributed by atoms with Gasteiger partial charge in [0.1, 0.15) is 35.1 Å². The van der Waals surface area contributed by atoms with E-state index >= 15 is 0 Å². The maximum atomic E-state index is 14.3. The number of aryl methyl sites for hydroxylation is 1. The number of amides is 4. The van der Waals surface area contributed by atoms with Crippen LogP contribution in [0.4, 0.5) is 16.2 Å². The predicted octanol–water partition coefficient (Wildman–Crippen LogP) is 7.27. The number of halogens is 1. The van der Waals surface area contributed by atoms with E-state index in [9.17, 15) is 34.2 Å². The minimum atomic E-state index is -1.93. The van der Waals surface area contributed by atoms with Crippen LogP contribution in [0.25, 0.3) is 0 Å². The van der Waals surface area contributed by atoms with Crippen LogP contribution in [0.2, 0.25) is 5.02 Å². The van der Waals surface area contributed by atoms with Crippen LogP contribution < -0.4 is 26.1 Å². The Balaban J connectivity index is 1.27. The van der Waals surface area contributed by atoms with Crippen LogP contribution in [0.5, 0.6) is 5.75 Å². The summed E-state index contributed by atoms with van der Waals surface area (Å²) in [5.74, 6) is -1.98.